The predicted octanol–water partition coefficient (Wildman–Crippen LogP) is 14.4. The summed E-state index contributed by atoms with van der Waals surface area (Å²) in [4.78, 5) is 27.5. The van der Waals surface area contributed by atoms with Crippen molar-refractivity contribution in [1.82, 2.24) is 20.9 Å². The lowest BCUT2D eigenvalue weighted by molar-refractivity contribution is -0.123. The number of carbonyl (C=O) groups is 2. The van der Waals surface area contributed by atoms with Crippen molar-refractivity contribution >= 4 is 23.7 Å². The zero-order chi connectivity index (χ0) is 40.2. The number of unbranched alkanes of at least 4 members (excludes halogenated alkanes) is 31. The van der Waals surface area contributed by atoms with Gasteiger partial charge in [0.15, 0.2) is 0 Å². The largest absolute Gasteiger partial charge is 0.341 e. The van der Waals surface area contributed by atoms with Gasteiger partial charge in [0.05, 0.1) is 18.2 Å². The first-order chi connectivity index (χ1) is 27.6. The van der Waals surface area contributed by atoms with E-state index in [9.17, 15) is 9.59 Å². The van der Waals surface area contributed by atoms with Gasteiger partial charge in [-0.1, -0.05) is 220 Å². The number of fused-ring (bicyclic) bond motifs is 1. The SMILES string of the molecule is CCCCCCCCCCCCCCCCCCN(CCCCCCCCCCCCCCCCCC)C(CC)NC(=O)CCCC[C@@H]1SC[C@@H]2NC(=O)N[C@@H]21. The van der Waals surface area contributed by atoms with Crippen molar-refractivity contribution in [1.29, 1.82) is 0 Å². The molecular weight excluding hydrogens is 709 g/mol. The van der Waals surface area contributed by atoms with Gasteiger partial charge in [-0.15, -0.1) is 0 Å². The number of amides is 3. The lowest BCUT2D eigenvalue weighted by Gasteiger charge is -2.32. The number of urea groups is 1. The van der Waals surface area contributed by atoms with Crippen molar-refractivity contribution in [3.05, 3.63) is 0 Å². The van der Waals surface area contributed by atoms with Crippen LogP contribution in [0.15, 0.2) is 0 Å². The van der Waals surface area contributed by atoms with Gasteiger partial charge in [-0.3, -0.25) is 9.69 Å². The molecule has 0 aromatic rings. The highest BCUT2D eigenvalue weighted by atomic mass is 32.2. The molecule has 7 heteroatoms. The van der Waals surface area contributed by atoms with Crippen molar-refractivity contribution in [2.24, 2.45) is 0 Å². The number of thioether (sulfide) groups is 1. The van der Waals surface area contributed by atoms with Gasteiger partial charge < -0.3 is 16.0 Å². The summed E-state index contributed by atoms with van der Waals surface area (Å²) >= 11 is 1.97. The van der Waals surface area contributed by atoms with E-state index >= 15 is 0 Å². The van der Waals surface area contributed by atoms with Crippen LogP contribution in [0.2, 0.25) is 0 Å². The Bertz CT molecular complexity index is 869. The fourth-order valence-corrected chi connectivity index (χ4v) is 10.7. The Morgan fingerprint density at radius 1 is 0.571 bits per heavy atom. The summed E-state index contributed by atoms with van der Waals surface area (Å²) in [7, 11) is 0. The van der Waals surface area contributed by atoms with Crippen LogP contribution in [-0.2, 0) is 4.79 Å². The van der Waals surface area contributed by atoms with Crippen LogP contribution in [0.1, 0.15) is 258 Å². The Morgan fingerprint density at radius 2 is 0.964 bits per heavy atom. The highest BCUT2D eigenvalue weighted by molar-refractivity contribution is 8.00. The van der Waals surface area contributed by atoms with Gasteiger partial charge in [0, 0.05) is 30.5 Å². The molecule has 0 saturated carbocycles. The topological polar surface area (TPSA) is 73.5 Å². The fraction of sp³-hybridized carbons (Fsp3) is 0.959. The molecule has 2 aliphatic heterocycles. The van der Waals surface area contributed by atoms with Gasteiger partial charge in [-0.2, -0.15) is 11.8 Å². The molecule has 2 aliphatic rings. The van der Waals surface area contributed by atoms with Gasteiger partial charge in [-0.05, 0) is 32.1 Å². The minimum Gasteiger partial charge on any atom is -0.341 e. The maximum Gasteiger partial charge on any atom is 0.315 e. The van der Waals surface area contributed by atoms with Gasteiger partial charge in [-0.25, -0.2) is 4.79 Å². The van der Waals surface area contributed by atoms with Crippen LogP contribution in [0.3, 0.4) is 0 Å². The zero-order valence-electron chi connectivity index (χ0n) is 37.8. The molecule has 0 aliphatic carbocycles. The molecule has 6 nitrogen and oxygen atoms in total. The first kappa shape index (κ1) is 51.2. The van der Waals surface area contributed by atoms with E-state index in [-0.39, 0.29) is 30.2 Å². The summed E-state index contributed by atoms with van der Waals surface area (Å²) in [6.07, 6.45) is 49.6. The van der Waals surface area contributed by atoms with E-state index in [0.29, 0.717) is 11.7 Å². The fourth-order valence-electron chi connectivity index (χ4n) is 9.13. The second-order valence-electron chi connectivity index (χ2n) is 18.0. The van der Waals surface area contributed by atoms with Crippen molar-refractivity contribution < 1.29 is 9.59 Å². The van der Waals surface area contributed by atoms with Crippen molar-refractivity contribution in [3.63, 3.8) is 0 Å². The molecule has 3 amide bonds. The Kier molecular flexibility index (Phi) is 33.9. The summed E-state index contributed by atoms with van der Waals surface area (Å²) in [6.45, 7) is 9.07. The molecule has 0 spiro atoms. The van der Waals surface area contributed by atoms with E-state index in [0.717, 1.165) is 44.5 Å². The van der Waals surface area contributed by atoms with Crippen molar-refractivity contribution in [2.75, 3.05) is 18.8 Å². The van der Waals surface area contributed by atoms with E-state index < -0.39 is 0 Å². The average Bonchev–Trinajstić information content (AvgIpc) is 3.76. The molecule has 2 rings (SSSR count). The molecular formula is C49H96N4O2S. The number of hydrogen-bond acceptors (Lipinski definition) is 4. The normalized spacial score (nSPS) is 18.4. The van der Waals surface area contributed by atoms with Crippen molar-refractivity contribution in [2.45, 2.75) is 282 Å². The minimum absolute atomic E-state index is 0.0148. The van der Waals surface area contributed by atoms with Crippen LogP contribution in [0.25, 0.3) is 0 Å². The maximum atomic E-state index is 13.2. The van der Waals surface area contributed by atoms with Crippen LogP contribution < -0.4 is 16.0 Å². The molecule has 2 saturated heterocycles. The Labute approximate surface area is 353 Å². The number of hydrogen-bond donors (Lipinski definition) is 3. The van der Waals surface area contributed by atoms with E-state index in [1.54, 1.807) is 0 Å². The first-order valence-corrected chi connectivity index (χ1v) is 26.4. The summed E-state index contributed by atoms with van der Waals surface area (Å²) < 4.78 is 0. The second kappa shape index (κ2) is 37.1. The molecule has 56 heavy (non-hydrogen) atoms. The van der Waals surface area contributed by atoms with E-state index in [4.69, 9.17) is 0 Å². The van der Waals surface area contributed by atoms with Gasteiger partial charge in [0.2, 0.25) is 5.91 Å². The zero-order valence-corrected chi connectivity index (χ0v) is 38.6. The molecule has 0 bridgehead atoms. The molecule has 0 aromatic heterocycles. The molecule has 2 fully saturated rings. The third-order valence-corrected chi connectivity index (χ3v) is 14.3. The molecule has 4 atom stereocenters. The Hall–Kier alpha value is -0.950. The standard InChI is InChI=1S/C49H96N4O2S/c1-4-7-9-11-13-15-17-19-21-23-25-27-29-31-33-37-41-53(42-38-34-32-30-28-26-24-22-20-18-16-14-12-10-8-5-2)46(6-3)51-47(54)40-36-35-39-45-48-44(43-56-45)50-49(55)52-48/h44-46,48H,4-43H2,1-3H3,(H,51,54)(H2,50,52,55)/t44-,45-,46?,48-/m0/s1. The summed E-state index contributed by atoms with van der Waals surface area (Å²) in [6, 6.07) is 0.522. The van der Waals surface area contributed by atoms with E-state index in [2.05, 4.69) is 41.6 Å². The Morgan fingerprint density at radius 3 is 1.36 bits per heavy atom. The lowest BCUT2D eigenvalue weighted by atomic mass is 10.0. The molecule has 3 N–H and O–H groups in total. The first-order valence-electron chi connectivity index (χ1n) is 25.3. The number of rotatable bonds is 42. The summed E-state index contributed by atoms with van der Waals surface area (Å²) in [5, 5.41) is 10.1. The third-order valence-electron chi connectivity index (χ3n) is 12.8. The molecule has 2 heterocycles. The van der Waals surface area contributed by atoms with Gasteiger partial charge in [0.1, 0.15) is 0 Å². The summed E-state index contributed by atoms with van der Waals surface area (Å²) in [5.74, 6) is 1.22. The maximum absolute atomic E-state index is 13.2. The minimum atomic E-state index is -0.0148. The lowest BCUT2D eigenvalue weighted by Crippen LogP contribution is -2.48. The van der Waals surface area contributed by atoms with Gasteiger partial charge in [0.25, 0.3) is 0 Å². The second-order valence-corrected chi connectivity index (χ2v) is 19.3. The van der Waals surface area contributed by atoms with Crippen LogP contribution in [0.4, 0.5) is 4.79 Å². The quantitative estimate of drug-likeness (QED) is 0.0326. The average molecular weight is 805 g/mol. The van der Waals surface area contributed by atoms with Crippen LogP contribution in [-0.4, -0.2) is 59.2 Å². The number of nitrogens with one attached hydrogen (secondary N) is 3. The molecule has 330 valence electrons. The number of nitrogens with zero attached hydrogens (tertiary/aromatic N) is 1. The monoisotopic (exact) mass is 805 g/mol. The molecule has 0 aromatic carbocycles. The van der Waals surface area contributed by atoms with Crippen molar-refractivity contribution in [3.8, 4) is 0 Å². The Balaban J connectivity index is 1.59. The van der Waals surface area contributed by atoms with Crippen LogP contribution in [0, 0.1) is 0 Å². The van der Waals surface area contributed by atoms with E-state index in [1.807, 2.05) is 11.8 Å². The summed E-state index contributed by atoms with van der Waals surface area (Å²) in [5.41, 5.74) is 0. The smallest absolute Gasteiger partial charge is 0.315 e. The number of carbonyl (C=O) groups excluding carboxylic acids is 2. The van der Waals surface area contributed by atoms with E-state index in [1.165, 1.54) is 205 Å². The predicted molar refractivity (Wildman–Crippen MR) is 247 cm³/mol. The molecule has 1 unspecified atom stereocenters. The van der Waals surface area contributed by atoms with Gasteiger partial charge >= 0.3 is 6.03 Å². The highest BCUT2D eigenvalue weighted by Crippen LogP contribution is 2.33. The van der Waals surface area contributed by atoms with Crippen LogP contribution >= 0.6 is 11.8 Å². The molecule has 0 radical (unpaired) electrons. The van der Waals surface area contributed by atoms with Crippen LogP contribution in [0.5, 0.6) is 0 Å². The highest BCUT2D eigenvalue weighted by Gasteiger charge is 2.42. The third kappa shape index (κ3) is 26.9.